The van der Waals surface area contributed by atoms with Gasteiger partial charge >= 0.3 is 0 Å². The fraction of sp³-hybridized carbons (Fsp3) is 0.462. The number of nitrogens with one attached hydrogen (secondary N) is 1. The zero-order valence-electron chi connectivity index (χ0n) is 10.6. The lowest BCUT2D eigenvalue weighted by Crippen LogP contribution is -2.33. The molecule has 1 aromatic rings. The maximum Gasteiger partial charge on any atom is 0.238 e. The molecule has 0 aliphatic rings. The fourth-order valence-electron chi connectivity index (χ4n) is 1.62. The summed E-state index contributed by atoms with van der Waals surface area (Å²) in [6, 6.07) is 5.87. The smallest absolute Gasteiger partial charge is 0.238 e. The van der Waals surface area contributed by atoms with E-state index >= 15 is 0 Å². The van der Waals surface area contributed by atoms with Gasteiger partial charge in [0.05, 0.1) is 12.2 Å². The van der Waals surface area contributed by atoms with Crippen LogP contribution in [-0.4, -0.2) is 30.4 Å². The maximum atomic E-state index is 11.9. The molecule has 0 bridgehead atoms. The van der Waals surface area contributed by atoms with Crippen molar-refractivity contribution in [1.29, 1.82) is 0 Å². The van der Waals surface area contributed by atoms with Crippen LogP contribution in [0.2, 0.25) is 0 Å². The van der Waals surface area contributed by atoms with Gasteiger partial charge in [-0.25, -0.2) is 0 Å². The Balaban J connectivity index is 2.68. The summed E-state index contributed by atoms with van der Waals surface area (Å²) in [4.78, 5) is 14.0. The van der Waals surface area contributed by atoms with Gasteiger partial charge in [0.2, 0.25) is 5.91 Å². The van der Waals surface area contributed by atoms with E-state index in [-0.39, 0.29) is 5.91 Å². The van der Waals surface area contributed by atoms with Crippen molar-refractivity contribution in [2.45, 2.75) is 20.8 Å². The van der Waals surface area contributed by atoms with Gasteiger partial charge in [-0.1, -0.05) is 26.0 Å². The molecule has 0 fully saturated rings. The van der Waals surface area contributed by atoms with E-state index in [1.54, 1.807) is 0 Å². The molecule has 4 heteroatoms. The summed E-state index contributed by atoms with van der Waals surface area (Å²) in [7, 11) is 0. The van der Waals surface area contributed by atoms with Gasteiger partial charge in [-0.05, 0) is 47.6 Å². The van der Waals surface area contributed by atoms with E-state index in [9.17, 15) is 4.79 Å². The number of carbonyl (C=O) groups is 1. The second-order valence-electron chi connectivity index (χ2n) is 3.94. The number of rotatable bonds is 5. The third-order valence-corrected chi connectivity index (χ3v) is 3.41. The van der Waals surface area contributed by atoms with Gasteiger partial charge in [-0.2, -0.15) is 0 Å². The topological polar surface area (TPSA) is 32.3 Å². The van der Waals surface area contributed by atoms with E-state index in [4.69, 9.17) is 0 Å². The van der Waals surface area contributed by atoms with Gasteiger partial charge in [0.15, 0.2) is 0 Å². The molecule has 0 aliphatic carbocycles. The Kier molecular flexibility index (Phi) is 5.65. The number of benzene rings is 1. The van der Waals surface area contributed by atoms with E-state index in [2.05, 4.69) is 40.0 Å². The molecule has 0 heterocycles. The number of para-hydroxylation sites is 1. The van der Waals surface area contributed by atoms with Crippen LogP contribution in [0.25, 0.3) is 0 Å². The van der Waals surface area contributed by atoms with Crippen LogP contribution in [0.4, 0.5) is 5.69 Å². The van der Waals surface area contributed by atoms with E-state index in [0.29, 0.717) is 6.54 Å². The molecule has 0 atom stereocenters. The highest BCUT2D eigenvalue weighted by Crippen LogP contribution is 2.25. The van der Waals surface area contributed by atoms with Gasteiger partial charge < -0.3 is 5.32 Å². The Morgan fingerprint density at radius 3 is 2.53 bits per heavy atom. The molecule has 0 spiro atoms. The summed E-state index contributed by atoms with van der Waals surface area (Å²) in [5, 5.41) is 2.95. The van der Waals surface area contributed by atoms with Crippen molar-refractivity contribution in [2.75, 3.05) is 25.0 Å². The molecule has 0 radical (unpaired) electrons. The van der Waals surface area contributed by atoms with E-state index in [1.165, 1.54) is 0 Å². The zero-order valence-corrected chi connectivity index (χ0v) is 12.2. The Bertz CT molecular complexity index is 369. The lowest BCUT2D eigenvalue weighted by molar-refractivity contribution is -0.117. The predicted octanol–water partition coefficient (Wildman–Crippen LogP) is 3.04. The molecule has 1 aromatic carbocycles. The van der Waals surface area contributed by atoms with Gasteiger partial charge in [0, 0.05) is 4.47 Å². The van der Waals surface area contributed by atoms with Gasteiger partial charge in [-0.15, -0.1) is 0 Å². The van der Waals surface area contributed by atoms with E-state index in [1.807, 2.05) is 25.1 Å². The summed E-state index contributed by atoms with van der Waals surface area (Å²) < 4.78 is 0.922. The highest BCUT2D eigenvalue weighted by atomic mass is 79.9. The summed E-state index contributed by atoms with van der Waals surface area (Å²) >= 11 is 3.45. The van der Waals surface area contributed by atoms with Crippen molar-refractivity contribution in [3.05, 3.63) is 28.2 Å². The fourth-order valence-corrected chi connectivity index (χ4v) is 2.18. The molecular weight excluding hydrogens is 280 g/mol. The maximum absolute atomic E-state index is 11.9. The van der Waals surface area contributed by atoms with Crippen LogP contribution in [0, 0.1) is 6.92 Å². The van der Waals surface area contributed by atoms with Crippen LogP contribution in [0.3, 0.4) is 0 Å². The van der Waals surface area contributed by atoms with Crippen LogP contribution in [0.15, 0.2) is 22.7 Å². The van der Waals surface area contributed by atoms with Gasteiger partial charge in [-0.3, -0.25) is 9.69 Å². The molecule has 0 saturated heterocycles. The number of hydrogen-bond acceptors (Lipinski definition) is 2. The molecule has 1 amide bonds. The van der Waals surface area contributed by atoms with Crippen LogP contribution in [0.5, 0.6) is 0 Å². The van der Waals surface area contributed by atoms with Crippen molar-refractivity contribution in [3.8, 4) is 0 Å². The zero-order chi connectivity index (χ0) is 12.8. The molecule has 0 aliphatic heterocycles. The first-order chi connectivity index (χ1) is 8.08. The van der Waals surface area contributed by atoms with Crippen molar-refractivity contribution in [2.24, 2.45) is 0 Å². The number of likely N-dealkylation sites (N-methyl/N-ethyl adjacent to an activating group) is 1. The molecule has 1 rings (SSSR count). The average Bonchev–Trinajstić information content (AvgIpc) is 2.31. The second-order valence-corrected chi connectivity index (χ2v) is 4.80. The number of halogens is 1. The first-order valence-electron chi connectivity index (χ1n) is 5.85. The van der Waals surface area contributed by atoms with E-state index in [0.717, 1.165) is 28.8 Å². The molecule has 3 nitrogen and oxygen atoms in total. The summed E-state index contributed by atoms with van der Waals surface area (Å²) in [6.07, 6.45) is 0. The first-order valence-corrected chi connectivity index (χ1v) is 6.65. The number of aryl methyl sites for hydroxylation is 1. The Hall–Kier alpha value is -0.870. The van der Waals surface area contributed by atoms with Crippen molar-refractivity contribution in [3.63, 3.8) is 0 Å². The van der Waals surface area contributed by atoms with Gasteiger partial charge in [0.1, 0.15) is 0 Å². The number of amides is 1. The number of nitrogens with zero attached hydrogens (tertiary/aromatic N) is 1. The SMILES string of the molecule is CCN(CC)CC(=O)Nc1c(C)cccc1Br. The number of anilines is 1. The Morgan fingerprint density at radius 2 is 2.00 bits per heavy atom. The predicted molar refractivity (Wildman–Crippen MR) is 75.3 cm³/mol. The third kappa shape index (κ3) is 4.13. The first kappa shape index (κ1) is 14.2. The number of carbonyl (C=O) groups excluding carboxylic acids is 1. The molecule has 0 saturated carbocycles. The third-order valence-electron chi connectivity index (χ3n) is 2.75. The summed E-state index contributed by atoms with van der Waals surface area (Å²) in [5.41, 5.74) is 1.93. The van der Waals surface area contributed by atoms with Crippen LogP contribution in [0.1, 0.15) is 19.4 Å². The van der Waals surface area contributed by atoms with Crippen molar-refractivity contribution in [1.82, 2.24) is 4.90 Å². The average molecular weight is 299 g/mol. The normalized spacial score (nSPS) is 10.6. The van der Waals surface area contributed by atoms with Crippen molar-refractivity contribution < 1.29 is 4.79 Å². The minimum atomic E-state index is 0.0312. The minimum Gasteiger partial charge on any atom is -0.324 e. The van der Waals surface area contributed by atoms with Crippen LogP contribution >= 0.6 is 15.9 Å². The lowest BCUT2D eigenvalue weighted by atomic mass is 10.2. The van der Waals surface area contributed by atoms with Crippen LogP contribution in [-0.2, 0) is 4.79 Å². The molecule has 17 heavy (non-hydrogen) atoms. The Morgan fingerprint density at radius 1 is 1.35 bits per heavy atom. The second kappa shape index (κ2) is 6.77. The standard InChI is InChI=1S/C13H19BrN2O/c1-4-16(5-2)9-12(17)15-13-10(3)7-6-8-11(13)14/h6-8H,4-5,9H2,1-3H3,(H,15,17). The molecule has 0 unspecified atom stereocenters. The summed E-state index contributed by atoms with van der Waals surface area (Å²) in [6.45, 7) is 8.31. The Labute approximate surface area is 111 Å². The highest BCUT2D eigenvalue weighted by Gasteiger charge is 2.10. The summed E-state index contributed by atoms with van der Waals surface area (Å²) in [5.74, 6) is 0.0312. The van der Waals surface area contributed by atoms with E-state index < -0.39 is 0 Å². The molecule has 1 N–H and O–H groups in total. The van der Waals surface area contributed by atoms with Crippen LogP contribution < -0.4 is 5.32 Å². The largest absolute Gasteiger partial charge is 0.324 e. The monoisotopic (exact) mass is 298 g/mol. The van der Waals surface area contributed by atoms with Gasteiger partial charge in [0.25, 0.3) is 0 Å². The van der Waals surface area contributed by atoms with Crippen molar-refractivity contribution >= 4 is 27.5 Å². The molecule has 0 aromatic heterocycles. The minimum absolute atomic E-state index is 0.0312. The molecule has 94 valence electrons. The molecular formula is C13H19BrN2O. The number of hydrogen-bond donors (Lipinski definition) is 1. The lowest BCUT2D eigenvalue weighted by Gasteiger charge is -2.18. The quantitative estimate of drug-likeness (QED) is 0.906. The highest BCUT2D eigenvalue weighted by molar-refractivity contribution is 9.10.